The standard InChI is InChI=1S/C15H19NO2/c17-14-12-8-4-5-9-13(12)16(15(14)18)10-11-6-2-1-3-7-11/h1-3,6-7,12-14,17H,4-5,8-10H2/t12-,13+,14+/m1/s1. The summed E-state index contributed by atoms with van der Waals surface area (Å²) in [7, 11) is 0. The van der Waals surface area contributed by atoms with Crippen LogP contribution in [-0.2, 0) is 11.3 Å². The molecule has 0 radical (unpaired) electrons. The fraction of sp³-hybridized carbons (Fsp3) is 0.533. The number of hydrogen-bond donors (Lipinski definition) is 1. The molecule has 1 saturated heterocycles. The van der Waals surface area contributed by atoms with Gasteiger partial charge in [-0.2, -0.15) is 0 Å². The minimum Gasteiger partial charge on any atom is -0.383 e. The minimum atomic E-state index is -0.765. The van der Waals surface area contributed by atoms with Crippen LogP contribution in [0.1, 0.15) is 31.2 Å². The van der Waals surface area contributed by atoms with Crippen LogP contribution in [0.2, 0.25) is 0 Å². The normalized spacial score (nSPS) is 31.5. The quantitative estimate of drug-likeness (QED) is 0.865. The molecule has 3 heteroatoms. The summed E-state index contributed by atoms with van der Waals surface area (Å²) in [6.07, 6.45) is 3.58. The largest absolute Gasteiger partial charge is 0.383 e. The van der Waals surface area contributed by atoms with Gasteiger partial charge in [0.15, 0.2) is 0 Å². The first-order valence-electron chi connectivity index (χ1n) is 6.80. The van der Waals surface area contributed by atoms with Crippen molar-refractivity contribution in [2.24, 2.45) is 5.92 Å². The van der Waals surface area contributed by atoms with Crippen LogP contribution in [-0.4, -0.2) is 28.1 Å². The van der Waals surface area contributed by atoms with Crippen LogP contribution in [0.25, 0.3) is 0 Å². The summed E-state index contributed by atoms with van der Waals surface area (Å²) in [6.45, 7) is 0.637. The molecule has 18 heavy (non-hydrogen) atoms. The van der Waals surface area contributed by atoms with Gasteiger partial charge in [0.1, 0.15) is 6.10 Å². The number of aliphatic hydroxyl groups excluding tert-OH is 1. The van der Waals surface area contributed by atoms with E-state index in [0.29, 0.717) is 6.54 Å². The lowest BCUT2D eigenvalue weighted by atomic mass is 9.84. The van der Waals surface area contributed by atoms with Crippen LogP contribution in [0.5, 0.6) is 0 Å². The number of rotatable bonds is 2. The van der Waals surface area contributed by atoms with Gasteiger partial charge in [0.05, 0.1) is 0 Å². The maximum atomic E-state index is 12.2. The number of hydrogen-bond acceptors (Lipinski definition) is 2. The summed E-state index contributed by atoms with van der Waals surface area (Å²) < 4.78 is 0. The molecule has 3 nitrogen and oxygen atoms in total. The van der Waals surface area contributed by atoms with E-state index in [4.69, 9.17) is 0 Å². The van der Waals surface area contributed by atoms with Crippen molar-refractivity contribution in [1.29, 1.82) is 0 Å². The van der Waals surface area contributed by atoms with Crippen LogP contribution < -0.4 is 0 Å². The van der Waals surface area contributed by atoms with Gasteiger partial charge in [0.25, 0.3) is 5.91 Å². The van der Waals surface area contributed by atoms with E-state index in [9.17, 15) is 9.90 Å². The van der Waals surface area contributed by atoms with Gasteiger partial charge >= 0.3 is 0 Å². The Balaban J connectivity index is 1.80. The molecule has 0 unspecified atom stereocenters. The van der Waals surface area contributed by atoms with E-state index in [1.54, 1.807) is 0 Å². The van der Waals surface area contributed by atoms with E-state index >= 15 is 0 Å². The number of carbonyl (C=O) groups is 1. The molecule has 0 bridgehead atoms. The van der Waals surface area contributed by atoms with Gasteiger partial charge < -0.3 is 10.0 Å². The smallest absolute Gasteiger partial charge is 0.252 e. The molecule has 2 fully saturated rings. The molecular formula is C15H19NO2. The second-order valence-electron chi connectivity index (χ2n) is 5.41. The zero-order chi connectivity index (χ0) is 12.5. The lowest BCUT2D eigenvalue weighted by Gasteiger charge is -2.31. The molecule has 3 rings (SSSR count). The first kappa shape index (κ1) is 11.7. The molecule has 1 aromatic carbocycles. The Morgan fingerprint density at radius 2 is 1.89 bits per heavy atom. The average molecular weight is 245 g/mol. The fourth-order valence-corrected chi connectivity index (χ4v) is 3.39. The Morgan fingerprint density at radius 3 is 2.67 bits per heavy atom. The number of nitrogens with zero attached hydrogens (tertiary/aromatic N) is 1. The van der Waals surface area contributed by atoms with Gasteiger partial charge in [0.2, 0.25) is 0 Å². The van der Waals surface area contributed by atoms with E-state index in [0.717, 1.165) is 24.8 Å². The number of carbonyl (C=O) groups excluding carboxylic acids is 1. The molecule has 0 spiro atoms. The van der Waals surface area contributed by atoms with Crippen molar-refractivity contribution in [3.63, 3.8) is 0 Å². The van der Waals surface area contributed by atoms with Gasteiger partial charge in [-0.3, -0.25) is 4.79 Å². The molecule has 1 aromatic rings. The van der Waals surface area contributed by atoms with Crippen molar-refractivity contribution in [2.45, 2.75) is 44.4 Å². The van der Waals surface area contributed by atoms with E-state index in [1.807, 2.05) is 35.2 Å². The predicted octanol–water partition coefficient (Wildman–Crippen LogP) is 1.95. The molecule has 96 valence electrons. The number of fused-ring (bicyclic) bond motifs is 1. The molecule has 1 heterocycles. The highest BCUT2D eigenvalue weighted by Crippen LogP contribution is 2.37. The van der Waals surface area contributed by atoms with Crippen LogP contribution in [0.4, 0.5) is 0 Å². The molecule has 1 N–H and O–H groups in total. The van der Waals surface area contributed by atoms with Crippen molar-refractivity contribution in [3.8, 4) is 0 Å². The lowest BCUT2D eigenvalue weighted by molar-refractivity contribution is -0.136. The Bertz CT molecular complexity index is 431. The highest BCUT2D eigenvalue weighted by Gasteiger charge is 2.47. The zero-order valence-corrected chi connectivity index (χ0v) is 10.5. The zero-order valence-electron chi connectivity index (χ0n) is 10.5. The summed E-state index contributed by atoms with van der Waals surface area (Å²) in [5.41, 5.74) is 1.14. The molecule has 1 aliphatic heterocycles. The third-order valence-corrected chi connectivity index (χ3v) is 4.32. The maximum absolute atomic E-state index is 12.2. The van der Waals surface area contributed by atoms with E-state index < -0.39 is 6.10 Å². The van der Waals surface area contributed by atoms with Crippen LogP contribution >= 0.6 is 0 Å². The first-order valence-corrected chi connectivity index (χ1v) is 6.80. The summed E-state index contributed by atoms with van der Waals surface area (Å²) in [5.74, 6) is 0.0886. The number of amides is 1. The minimum absolute atomic E-state index is 0.0734. The van der Waals surface area contributed by atoms with Gasteiger partial charge in [0, 0.05) is 18.5 Å². The maximum Gasteiger partial charge on any atom is 0.252 e. The van der Waals surface area contributed by atoms with Crippen molar-refractivity contribution in [3.05, 3.63) is 35.9 Å². The summed E-state index contributed by atoms with van der Waals surface area (Å²) in [5, 5.41) is 10.1. The molecule has 2 aliphatic rings. The Kier molecular flexibility index (Phi) is 3.08. The van der Waals surface area contributed by atoms with Crippen molar-refractivity contribution >= 4 is 5.91 Å². The first-order chi connectivity index (χ1) is 8.77. The molecular weight excluding hydrogens is 226 g/mol. The highest BCUT2D eigenvalue weighted by molar-refractivity contribution is 5.84. The van der Waals surface area contributed by atoms with Gasteiger partial charge in [-0.25, -0.2) is 0 Å². The van der Waals surface area contributed by atoms with Crippen LogP contribution in [0.3, 0.4) is 0 Å². The Labute approximate surface area is 107 Å². The predicted molar refractivity (Wildman–Crippen MR) is 68.7 cm³/mol. The van der Waals surface area contributed by atoms with Crippen LogP contribution in [0, 0.1) is 5.92 Å². The van der Waals surface area contributed by atoms with Crippen molar-refractivity contribution < 1.29 is 9.90 Å². The summed E-state index contributed by atoms with van der Waals surface area (Å²) >= 11 is 0. The average Bonchev–Trinajstić information content (AvgIpc) is 2.66. The molecule has 1 amide bonds. The van der Waals surface area contributed by atoms with E-state index in [1.165, 1.54) is 6.42 Å². The summed E-state index contributed by atoms with van der Waals surface area (Å²) in [4.78, 5) is 14.0. The highest BCUT2D eigenvalue weighted by atomic mass is 16.3. The SMILES string of the molecule is O=C1[C@@H](O)[C@@H]2CCCC[C@@H]2N1Cc1ccccc1. The van der Waals surface area contributed by atoms with Crippen LogP contribution in [0.15, 0.2) is 30.3 Å². The van der Waals surface area contributed by atoms with E-state index in [2.05, 4.69) is 0 Å². The van der Waals surface area contributed by atoms with E-state index in [-0.39, 0.29) is 17.9 Å². The molecule has 1 saturated carbocycles. The second-order valence-corrected chi connectivity index (χ2v) is 5.41. The molecule has 3 atom stereocenters. The number of likely N-dealkylation sites (tertiary alicyclic amines) is 1. The Morgan fingerprint density at radius 1 is 1.17 bits per heavy atom. The van der Waals surface area contributed by atoms with Gasteiger partial charge in [-0.15, -0.1) is 0 Å². The Hall–Kier alpha value is -1.35. The summed E-state index contributed by atoms with van der Waals surface area (Å²) in [6, 6.07) is 10.3. The fourth-order valence-electron chi connectivity index (χ4n) is 3.39. The van der Waals surface area contributed by atoms with Crippen molar-refractivity contribution in [2.75, 3.05) is 0 Å². The monoisotopic (exact) mass is 245 g/mol. The topological polar surface area (TPSA) is 40.5 Å². The lowest BCUT2D eigenvalue weighted by Crippen LogP contribution is -2.36. The van der Waals surface area contributed by atoms with Gasteiger partial charge in [-0.1, -0.05) is 43.2 Å². The third kappa shape index (κ3) is 1.93. The number of aliphatic hydroxyl groups is 1. The number of benzene rings is 1. The molecule has 1 aliphatic carbocycles. The molecule has 0 aromatic heterocycles. The van der Waals surface area contributed by atoms with Gasteiger partial charge in [-0.05, 0) is 18.4 Å². The second kappa shape index (κ2) is 4.73. The third-order valence-electron chi connectivity index (χ3n) is 4.32. The van der Waals surface area contributed by atoms with Crippen molar-refractivity contribution in [1.82, 2.24) is 4.90 Å².